The summed E-state index contributed by atoms with van der Waals surface area (Å²) in [4.78, 5) is 26.0. The molecule has 0 aromatic heterocycles. The van der Waals surface area contributed by atoms with Crippen LogP contribution in [0.1, 0.15) is 19.8 Å². The van der Waals surface area contributed by atoms with E-state index in [1.54, 1.807) is 19.0 Å². The minimum Gasteiger partial charge on any atom is -0.481 e. The standard InChI is InChI=1S/C11H20N2O3/c1-8(11(16)12(2)3)13-5-4-9(7-13)6-10(14)15/h8-9H,4-7H2,1-3H3,(H,14,15). The highest BCUT2D eigenvalue weighted by atomic mass is 16.4. The van der Waals surface area contributed by atoms with Gasteiger partial charge in [0.05, 0.1) is 6.04 Å². The van der Waals surface area contributed by atoms with E-state index in [4.69, 9.17) is 5.11 Å². The molecule has 0 aromatic rings. The average Bonchev–Trinajstić information content (AvgIpc) is 2.62. The van der Waals surface area contributed by atoms with Gasteiger partial charge in [0.1, 0.15) is 0 Å². The maximum absolute atomic E-state index is 11.7. The lowest BCUT2D eigenvalue weighted by atomic mass is 10.1. The van der Waals surface area contributed by atoms with Gasteiger partial charge in [-0.2, -0.15) is 0 Å². The first-order valence-electron chi connectivity index (χ1n) is 5.58. The molecule has 1 aliphatic rings. The minimum absolute atomic E-state index is 0.0796. The first-order chi connectivity index (χ1) is 7.41. The van der Waals surface area contributed by atoms with E-state index in [2.05, 4.69) is 4.90 Å². The molecule has 1 N–H and O–H groups in total. The molecule has 0 radical (unpaired) electrons. The van der Waals surface area contributed by atoms with Crippen molar-refractivity contribution in [3.8, 4) is 0 Å². The zero-order chi connectivity index (χ0) is 12.3. The molecule has 0 saturated carbocycles. The minimum atomic E-state index is -0.751. The van der Waals surface area contributed by atoms with Gasteiger partial charge in [-0.05, 0) is 25.8 Å². The van der Waals surface area contributed by atoms with Crippen LogP contribution in [0, 0.1) is 5.92 Å². The van der Waals surface area contributed by atoms with Crippen LogP contribution in [0.15, 0.2) is 0 Å². The zero-order valence-corrected chi connectivity index (χ0v) is 10.1. The van der Waals surface area contributed by atoms with Crippen molar-refractivity contribution in [1.82, 2.24) is 9.80 Å². The van der Waals surface area contributed by atoms with E-state index in [1.165, 1.54) is 0 Å². The fourth-order valence-electron chi connectivity index (χ4n) is 2.16. The van der Waals surface area contributed by atoms with Crippen LogP contribution >= 0.6 is 0 Å². The van der Waals surface area contributed by atoms with E-state index in [-0.39, 0.29) is 24.3 Å². The highest BCUT2D eigenvalue weighted by molar-refractivity contribution is 5.81. The van der Waals surface area contributed by atoms with Crippen molar-refractivity contribution in [2.24, 2.45) is 5.92 Å². The zero-order valence-electron chi connectivity index (χ0n) is 10.1. The fourth-order valence-corrected chi connectivity index (χ4v) is 2.16. The molecule has 1 saturated heterocycles. The average molecular weight is 228 g/mol. The summed E-state index contributed by atoms with van der Waals surface area (Å²) in [5.74, 6) is -0.482. The summed E-state index contributed by atoms with van der Waals surface area (Å²) in [6, 6.07) is -0.145. The highest BCUT2D eigenvalue weighted by Crippen LogP contribution is 2.21. The molecule has 2 atom stereocenters. The second kappa shape index (κ2) is 5.30. The summed E-state index contributed by atoms with van der Waals surface area (Å²) in [5.41, 5.74) is 0. The Balaban J connectivity index is 2.46. The number of amides is 1. The molecular weight excluding hydrogens is 208 g/mol. The predicted molar refractivity (Wildman–Crippen MR) is 60.1 cm³/mol. The molecule has 1 rings (SSSR count). The maximum atomic E-state index is 11.7. The first-order valence-corrected chi connectivity index (χ1v) is 5.58. The Hall–Kier alpha value is -1.10. The largest absolute Gasteiger partial charge is 0.481 e. The number of nitrogens with zero attached hydrogens (tertiary/aromatic N) is 2. The van der Waals surface area contributed by atoms with Crippen LogP contribution in [0.5, 0.6) is 0 Å². The third-order valence-corrected chi connectivity index (χ3v) is 3.13. The van der Waals surface area contributed by atoms with Crippen LogP contribution < -0.4 is 0 Å². The number of likely N-dealkylation sites (tertiary alicyclic amines) is 1. The van der Waals surface area contributed by atoms with Crippen molar-refractivity contribution in [1.29, 1.82) is 0 Å². The molecule has 2 unspecified atom stereocenters. The van der Waals surface area contributed by atoms with E-state index in [0.717, 1.165) is 13.0 Å². The summed E-state index contributed by atoms with van der Waals surface area (Å²) in [5, 5.41) is 8.70. The van der Waals surface area contributed by atoms with Gasteiger partial charge in [0.2, 0.25) is 5.91 Å². The summed E-state index contributed by atoms with van der Waals surface area (Å²) in [7, 11) is 3.48. The second-order valence-corrected chi connectivity index (χ2v) is 4.66. The van der Waals surface area contributed by atoms with Crippen molar-refractivity contribution < 1.29 is 14.7 Å². The monoisotopic (exact) mass is 228 g/mol. The lowest BCUT2D eigenvalue weighted by Crippen LogP contribution is -2.43. The molecule has 1 aliphatic heterocycles. The van der Waals surface area contributed by atoms with E-state index >= 15 is 0 Å². The molecule has 0 aromatic carbocycles. The van der Waals surface area contributed by atoms with E-state index in [9.17, 15) is 9.59 Å². The van der Waals surface area contributed by atoms with Crippen molar-refractivity contribution in [3.05, 3.63) is 0 Å². The smallest absolute Gasteiger partial charge is 0.303 e. The van der Waals surface area contributed by atoms with Gasteiger partial charge in [-0.1, -0.05) is 0 Å². The van der Waals surface area contributed by atoms with Crippen molar-refractivity contribution in [2.75, 3.05) is 27.2 Å². The van der Waals surface area contributed by atoms with Gasteiger partial charge in [0.25, 0.3) is 0 Å². The lowest BCUT2D eigenvalue weighted by molar-refractivity contribution is -0.138. The third kappa shape index (κ3) is 3.20. The Morgan fingerprint density at radius 2 is 2.12 bits per heavy atom. The number of carboxylic acids is 1. The van der Waals surface area contributed by atoms with Crippen molar-refractivity contribution in [2.45, 2.75) is 25.8 Å². The lowest BCUT2D eigenvalue weighted by Gasteiger charge is -2.25. The molecule has 0 bridgehead atoms. The van der Waals surface area contributed by atoms with E-state index in [0.29, 0.717) is 6.54 Å². The molecule has 1 fully saturated rings. The summed E-state index contributed by atoms with van der Waals surface area (Å²) in [6.07, 6.45) is 1.08. The molecule has 5 heteroatoms. The van der Waals surface area contributed by atoms with Gasteiger partial charge in [-0.25, -0.2) is 0 Å². The van der Waals surface area contributed by atoms with Crippen LogP contribution in [0.3, 0.4) is 0 Å². The highest BCUT2D eigenvalue weighted by Gasteiger charge is 2.31. The molecule has 1 heterocycles. The van der Waals surface area contributed by atoms with Gasteiger partial charge in [-0.3, -0.25) is 14.5 Å². The molecule has 92 valence electrons. The summed E-state index contributed by atoms with van der Waals surface area (Å²) in [6.45, 7) is 3.41. The Bertz CT molecular complexity index is 278. The van der Waals surface area contributed by atoms with Gasteiger partial charge in [0, 0.05) is 27.1 Å². The van der Waals surface area contributed by atoms with Crippen LogP contribution in [0.25, 0.3) is 0 Å². The van der Waals surface area contributed by atoms with E-state index < -0.39 is 5.97 Å². The van der Waals surface area contributed by atoms with Gasteiger partial charge in [0.15, 0.2) is 0 Å². The first kappa shape index (κ1) is 13.0. The number of likely N-dealkylation sites (N-methyl/N-ethyl adjacent to an activating group) is 1. The fraction of sp³-hybridized carbons (Fsp3) is 0.818. The maximum Gasteiger partial charge on any atom is 0.303 e. The Labute approximate surface area is 96.0 Å². The van der Waals surface area contributed by atoms with Crippen molar-refractivity contribution in [3.63, 3.8) is 0 Å². The molecule has 16 heavy (non-hydrogen) atoms. The topological polar surface area (TPSA) is 60.9 Å². The molecular formula is C11H20N2O3. The second-order valence-electron chi connectivity index (χ2n) is 4.66. The normalized spacial score (nSPS) is 23.1. The SMILES string of the molecule is CC(C(=O)N(C)C)N1CCC(CC(=O)O)C1. The molecule has 5 nitrogen and oxygen atoms in total. The van der Waals surface area contributed by atoms with Gasteiger partial charge in [-0.15, -0.1) is 0 Å². The molecule has 0 spiro atoms. The number of hydrogen-bond donors (Lipinski definition) is 1. The number of rotatable bonds is 4. The Kier molecular flexibility index (Phi) is 4.29. The number of aliphatic carboxylic acids is 1. The number of carbonyl (C=O) groups is 2. The van der Waals surface area contributed by atoms with Crippen LogP contribution in [-0.4, -0.2) is 60.0 Å². The molecule has 1 amide bonds. The van der Waals surface area contributed by atoms with Crippen LogP contribution in [0.2, 0.25) is 0 Å². The van der Waals surface area contributed by atoms with Gasteiger partial charge >= 0.3 is 5.97 Å². The molecule has 0 aliphatic carbocycles. The Morgan fingerprint density at radius 1 is 1.50 bits per heavy atom. The number of hydrogen-bond acceptors (Lipinski definition) is 3. The van der Waals surface area contributed by atoms with Crippen LogP contribution in [-0.2, 0) is 9.59 Å². The quantitative estimate of drug-likeness (QED) is 0.749. The number of carbonyl (C=O) groups excluding carboxylic acids is 1. The van der Waals surface area contributed by atoms with Crippen molar-refractivity contribution >= 4 is 11.9 Å². The predicted octanol–water partition coefficient (Wildman–Crippen LogP) is 0.260. The summed E-state index contributed by atoms with van der Waals surface area (Å²) < 4.78 is 0. The number of carboxylic acid groups (broad SMARTS) is 1. The Morgan fingerprint density at radius 3 is 2.62 bits per heavy atom. The van der Waals surface area contributed by atoms with Crippen LogP contribution in [0.4, 0.5) is 0 Å². The van der Waals surface area contributed by atoms with Gasteiger partial charge < -0.3 is 10.0 Å². The summed E-state index contributed by atoms with van der Waals surface area (Å²) >= 11 is 0. The van der Waals surface area contributed by atoms with E-state index in [1.807, 2.05) is 6.92 Å². The third-order valence-electron chi connectivity index (χ3n) is 3.13.